The lowest BCUT2D eigenvalue weighted by Gasteiger charge is -2.07. The molecule has 0 atom stereocenters. The van der Waals surface area contributed by atoms with Crippen LogP contribution in [0.15, 0.2) is 61.0 Å². The summed E-state index contributed by atoms with van der Waals surface area (Å²) in [4.78, 5) is 11.7. The Balaban J connectivity index is 1.81. The third-order valence-electron chi connectivity index (χ3n) is 2.64. The van der Waals surface area contributed by atoms with Gasteiger partial charge in [-0.25, -0.2) is 5.43 Å². The van der Waals surface area contributed by atoms with E-state index >= 15 is 0 Å². The smallest absolute Gasteiger partial charge is 0.259 e. The highest BCUT2D eigenvalue weighted by Gasteiger charge is 2.03. The zero-order valence-electron chi connectivity index (χ0n) is 11.3. The van der Waals surface area contributed by atoms with Crippen molar-refractivity contribution in [1.29, 1.82) is 0 Å². The molecule has 0 aliphatic heterocycles. The summed E-state index contributed by atoms with van der Waals surface area (Å²) < 4.78 is 2.85. The van der Waals surface area contributed by atoms with Gasteiger partial charge in [-0.05, 0) is 51.8 Å². The predicted molar refractivity (Wildman–Crippen MR) is 100 cm³/mol. The van der Waals surface area contributed by atoms with E-state index in [4.69, 9.17) is 0 Å². The van der Waals surface area contributed by atoms with Crippen LogP contribution in [0.3, 0.4) is 0 Å². The van der Waals surface area contributed by atoms with Crippen molar-refractivity contribution in [3.05, 3.63) is 61.4 Å². The van der Waals surface area contributed by atoms with Crippen molar-refractivity contribution >= 4 is 65.6 Å². The van der Waals surface area contributed by atoms with Crippen molar-refractivity contribution in [3.8, 4) is 0 Å². The summed E-state index contributed by atoms with van der Waals surface area (Å²) in [6.45, 7) is 0.137. The fraction of sp³-hybridized carbons (Fsp3) is 0.0667. The van der Waals surface area contributed by atoms with Crippen LogP contribution in [0.4, 0.5) is 5.69 Å². The van der Waals surface area contributed by atoms with Gasteiger partial charge in [0.25, 0.3) is 5.91 Å². The summed E-state index contributed by atoms with van der Waals surface area (Å²) >= 11 is 10.2. The number of anilines is 1. The average molecular weight is 490 g/mol. The molecule has 0 aliphatic carbocycles. The molecule has 1 amide bonds. The van der Waals surface area contributed by atoms with Gasteiger partial charge < -0.3 is 5.32 Å². The van der Waals surface area contributed by atoms with Crippen molar-refractivity contribution in [3.63, 3.8) is 0 Å². The third kappa shape index (κ3) is 5.55. The normalized spacial score (nSPS) is 10.7. The maximum atomic E-state index is 11.7. The fourth-order valence-corrected chi connectivity index (χ4v) is 3.03. The highest BCUT2D eigenvalue weighted by atomic mass is 79.9. The van der Waals surface area contributed by atoms with Crippen LogP contribution in [0.25, 0.3) is 0 Å². The van der Waals surface area contributed by atoms with E-state index in [-0.39, 0.29) is 12.5 Å². The molecule has 0 radical (unpaired) electrons. The first kappa shape index (κ1) is 17.2. The average Bonchev–Trinajstić information content (AvgIpc) is 2.48. The molecule has 7 heteroatoms. The second-order valence-electron chi connectivity index (χ2n) is 4.32. The van der Waals surface area contributed by atoms with E-state index in [0.29, 0.717) is 0 Å². The van der Waals surface area contributed by atoms with Crippen LogP contribution >= 0.6 is 47.8 Å². The van der Waals surface area contributed by atoms with Crippen LogP contribution in [0.5, 0.6) is 0 Å². The summed E-state index contributed by atoms with van der Waals surface area (Å²) in [7, 11) is 0. The molecule has 0 bridgehead atoms. The van der Waals surface area contributed by atoms with Crippen LogP contribution in [0, 0.1) is 0 Å². The van der Waals surface area contributed by atoms with E-state index in [1.54, 1.807) is 6.21 Å². The van der Waals surface area contributed by atoms with Gasteiger partial charge in [-0.2, -0.15) is 5.10 Å². The Kier molecular flexibility index (Phi) is 6.60. The predicted octanol–water partition coefficient (Wildman–Crippen LogP) is 4.54. The first-order valence-electron chi connectivity index (χ1n) is 6.31. The first-order valence-corrected chi connectivity index (χ1v) is 8.69. The number of carbonyl (C=O) groups is 1. The minimum atomic E-state index is -0.219. The van der Waals surface area contributed by atoms with E-state index in [0.717, 1.165) is 24.7 Å². The van der Waals surface area contributed by atoms with E-state index in [9.17, 15) is 4.79 Å². The maximum Gasteiger partial charge on any atom is 0.259 e. The molecule has 114 valence electrons. The molecule has 2 rings (SSSR count). The summed E-state index contributed by atoms with van der Waals surface area (Å²) in [5, 5.41) is 6.96. The number of nitrogens with one attached hydrogen (secondary N) is 2. The van der Waals surface area contributed by atoms with Gasteiger partial charge in [0.05, 0.1) is 12.8 Å². The van der Waals surface area contributed by atoms with Gasteiger partial charge >= 0.3 is 0 Å². The van der Waals surface area contributed by atoms with Gasteiger partial charge in [-0.1, -0.05) is 44.0 Å². The van der Waals surface area contributed by atoms with Crippen LogP contribution in [0.1, 0.15) is 5.56 Å². The van der Waals surface area contributed by atoms with Gasteiger partial charge in [-0.15, -0.1) is 0 Å². The molecule has 0 aromatic heterocycles. The largest absolute Gasteiger partial charge is 0.375 e. The lowest BCUT2D eigenvalue weighted by atomic mass is 10.2. The molecule has 0 unspecified atom stereocenters. The Hall–Kier alpha value is -1.18. The van der Waals surface area contributed by atoms with Crippen LogP contribution < -0.4 is 10.7 Å². The molecule has 2 aromatic rings. The number of hydrazone groups is 1. The topological polar surface area (TPSA) is 53.5 Å². The number of nitrogens with zero attached hydrogens (tertiary/aromatic N) is 1. The van der Waals surface area contributed by atoms with Crippen molar-refractivity contribution in [2.75, 3.05) is 11.9 Å². The number of hydrogen-bond acceptors (Lipinski definition) is 3. The zero-order valence-corrected chi connectivity index (χ0v) is 16.1. The second kappa shape index (κ2) is 8.45. The monoisotopic (exact) mass is 487 g/mol. The molecular weight excluding hydrogens is 478 g/mol. The van der Waals surface area contributed by atoms with E-state index in [2.05, 4.69) is 63.6 Å². The Morgan fingerprint density at radius 2 is 1.73 bits per heavy atom. The third-order valence-corrected chi connectivity index (χ3v) is 4.32. The Morgan fingerprint density at radius 3 is 2.41 bits per heavy atom. The molecule has 0 spiro atoms. The number of halogens is 3. The Labute approximate surface area is 153 Å². The van der Waals surface area contributed by atoms with Gasteiger partial charge in [0, 0.05) is 19.1 Å². The zero-order chi connectivity index (χ0) is 15.9. The molecule has 0 aliphatic rings. The van der Waals surface area contributed by atoms with Gasteiger partial charge in [0.1, 0.15) is 0 Å². The number of amides is 1. The second-order valence-corrected chi connectivity index (χ2v) is 7.01. The first-order chi connectivity index (χ1) is 10.5. The van der Waals surface area contributed by atoms with Crippen LogP contribution in [-0.4, -0.2) is 18.7 Å². The number of hydrogen-bond donors (Lipinski definition) is 2. The molecule has 0 heterocycles. The molecule has 0 saturated carbocycles. The van der Waals surface area contributed by atoms with Gasteiger partial charge in [-0.3, -0.25) is 4.79 Å². The summed E-state index contributed by atoms with van der Waals surface area (Å²) in [5.41, 5.74) is 4.23. The van der Waals surface area contributed by atoms with E-state index < -0.39 is 0 Å². The van der Waals surface area contributed by atoms with Crippen LogP contribution in [-0.2, 0) is 4.79 Å². The fourth-order valence-electron chi connectivity index (χ4n) is 1.58. The number of benzene rings is 2. The quantitative estimate of drug-likeness (QED) is 0.478. The minimum Gasteiger partial charge on any atom is -0.375 e. The van der Waals surface area contributed by atoms with Crippen molar-refractivity contribution in [1.82, 2.24) is 5.43 Å². The van der Waals surface area contributed by atoms with Crippen LogP contribution in [0.2, 0.25) is 0 Å². The SMILES string of the molecule is O=C(CNc1ccc(Br)cc1Br)NN=Cc1ccc(Br)cc1. The van der Waals surface area contributed by atoms with Crippen molar-refractivity contribution in [2.24, 2.45) is 5.10 Å². The molecule has 22 heavy (non-hydrogen) atoms. The molecule has 2 N–H and O–H groups in total. The Bertz CT molecular complexity index is 687. The highest BCUT2D eigenvalue weighted by Crippen LogP contribution is 2.25. The summed E-state index contributed by atoms with van der Waals surface area (Å²) in [5.74, 6) is -0.219. The van der Waals surface area contributed by atoms with E-state index in [1.807, 2.05) is 42.5 Å². The lowest BCUT2D eigenvalue weighted by Crippen LogP contribution is -2.26. The van der Waals surface area contributed by atoms with Crippen molar-refractivity contribution in [2.45, 2.75) is 0 Å². The molecule has 4 nitrogen and oxygen atoms in total. The standard InChI is InChI=1S/C15H12Br3N3O/c16-11-3-1-10(2-4-11)8-20-21-15(22)9-19-14-6-5-12(17)7-13(14)18/h1-8,19H,9H2,(H,21,22). The van der Waals surface area contributed by atoms with E-state index in [1.165, 1.54) is 0 Å². The summed E-state index contributed by atoms with van der Waals surface area (Å²) in [6, 6.07) is 13.3. The molecule has 0 saturated heterocycles. The Morgan fingerprint density at radius 1 is 1.05 bits per heavy atom. The highest BCUT2D eigenvalue weighted by molar-refractivity contribution is 9.11. The lowest BCUT2D eigenvalue weighted by molar-refractivity contribution is -0.119. The number of rotatable bonds is 5. The minimum absolute atomic E-state index is 0.137. The summed E-state index contributed by atoms with van der Waals surface area (Å²) in [6.07, 6.45) is 1.60. The van der Waals surface area contributed by atoms with Gasteiger partial charge in [0.2, 0.25) is 0 Å². The maximum absolute atomic E-state index is 11.7. The molecule has 0 fully saturated rings. The molecular formula is C15H12Br3N3O. The molecule has 2 aromatic carbocycles. The van der Waals surface area contributed by atoms with Gasteiger partial charge in [0.15, 0.2) is 0 Å². The van der Waals surface area contributed by atoms with Crippen molar-refractivity contribution < 1.29 is 4.79 Å². The number of carbonyl (C=O) groups excluding carboxylic acids is 1.